The van der Waals surface area contributed by atoms with Gasteiger partial charge in [0.15, 0.2) is 0 Å². The van der Waals surface area contributed by atoms with Crippen molar-refractivity contribution in [1.82, 2.24) is 10.6 Å². The summed E-state index contributed by atoms with van der Waals surface area (Å²) < 4.78 is 5.53. The van der Waals surface area contributed by atoms with Crippen LogP contribution in [0.15, 0.2) is 24.3 Å². The van der Waals surface area contributed by atoms with E-state index in [1.165, 1.54) is 0 Å². The minimum atomic E-state index is 0.0179. The Balaban J connectivity index is 1.88. The van der Waals surface area contributed by atoms with Gasteiger partial charge < -0.3 is 10.1 Å². The Labute approximate surface area is 101 Å². The second kappa shape index (κ2) is 5.19. The molecule has 0 aromatic heterocycles. The molecule has 0 bridgehead atoms. The maximum atomic E-state index is 11.5. The number of fused-ring (bicyclic) bond motifs is 1. The zero-order chi connectivity index (χ0) is 12.3. The van der Waals surface area contributed by atoms with E-state index >= 15 is 0 Å². The lowest BCUT2D eigenvalue weighted by atomic mass is 10.1. The molecule has 2 rings (SSSR count). The highest BCUT2D eigenvalue weighted by molar-refractivity contribution is 5.78. The number of nitrogens with one attached hydrogen (secondary N) is 2. The average Bonchev–Trinajstić information content (AvgIpc) is 2.69. The van der Waals surface area contributed by atoms with Gasteiger partial charge >= 0.3 is 0 Å². The summed E-state index contributed by atoms with van der Waals surface area (Å²) in [6.45, 7) is 4.81. The van der Waals surface area contributed by atoms with E-state index in [2.05, 4.69) is 10.6 Å². The first-order valence-corrected chi connectivity index (χ1v) is 5.91. The lowest BCUT2D eigenvalue weighted by Gasteiger charge is -2.13. The number of carbonyl (C=O) groups is 1. The Bertz CT molecular complexity index is 404. The van der Waals surface area contributed by atoms with Gasteiger partial charge in [-0.2, -0.15) is 0 Å². The molecule has 17 heavy (non-hydrogen) atoms. The van der Waals surface area contributed by atoms with Gasteiger partial charge in [0.05, 0.1) is 12.6 Å². The van der Waals surface area contributed by atoms with E-state index < -0.39 is 0 Å². The van der Waals surface area contributed by atoms with Crippen LogP contribution in [0.4, 0.5) is 0 Å². The number of carbonyl (C=O) groups excluding carboxylic acids is 1. The predicted molar refractivity (Wildman–Crippen MR) is 66.0 cm³/mol. The van der Waals surface area contributed by atoms with Crippen molar-refractivity contribution in [2.75, 3.05) is 13.2 Å². The Morgan fingerprint density at radius 3 is 3.00 bits per heavy atom. The second-order valence-corrected chi connectivity index (χ2v) is 4.50. The Kier molecular flexibility index (Phi) is 3.64. The molecule has 1 unspecified atom stereocenters. The molecule has 0 aliphatic carbocycles. The van der Waals surface area contributed by atoms with E-state index in [1.54, 1.807) is 0 Å². The van der Waals surface area contributed by atoms with Crippen LogP contribution >= 0.6 is 0 Å². The highest BCUT2D eigenvalue weighted by Gasteiger charge is 2.23. The molecular weight excluding hydrogens is 216 g/mol. The SMILES string of the molecule is CC(C)NC(=O)CNC1COc2ccccc21. The van der Waals surface area contributed by atoms with E-state index in [9.17, 15) is 4.79 Å². The second-order valence-electron chi connectivity index (χ2n) is 4.50. The van der Waals surface area contributed by atoms with Gasteiger partial charge in [0.25, 0.3) is 0 Å². The van der Waals surface area contributed by atoms with Gasteiger partial charge in [-0.05, 0) is 19.9 Å². The molecule has 0 spiro atoms. The van der Waals surface area contributed by atoms with Gasteiger partial charge in [-0.3, -0.25) is 10.1 Å². The first-order chi connectivity index (χ1) is 8.16. The van der Waals surface area contributed by atoms with Crippen LogP contribution in [0.2, 0.25) is 0 Å². The van der Waals surface area contributed by atoms with E-state index in [0.717, 1.165) is 11.3 Å². The number of amides is 1. The summed E-state index contributed by atoms with van der Waals surface area (Å²) in [6, 6.07) is 8.20. The van der Waals surface area contributed by atoms with Crippen molar-refractivity contribution < 1.29 is 9.53 Å². The minimum Gasteiger partial charge on any atom is -0.491 e. The molecule has 1 aliphatic heterocycles. The van der Waals surface area contributed by atoms with Crippen LogP contribution in [0.1, 0.15) is 25.5 Å². The van der Waals surface area contributed by atoms with Crippen LogP contribution in [0.3, 0.4) is 0 Å². The maximum Gasteiger partial charge on any atom is 0.234 e. The molecule has 0 fully saturated rings. The van der Waals surface area contributed by atoms with Gasteiger partial charge in [0.2, 0.25) is 5.91 Å². The zero-order valence-corrected chi connectivity index (χ0v) is 10.2. The number of hydrogen-bond donors (Lipinski definition) is 2. The predicted octanol–water partition coefficient (Wildman–Crippen LogP) is 1.23. The first-order valence-electron chi connectivity index (χ1n) is 5.91. The Morgan fingerprint density at radius 2 is 2.24 bits per heavy atom. The van der Waals surface area contributed by atoms with E-state index in [-0.39, 0.29) is 18.0 Å². The van der Waals surface area contributed by atoms with Gasteiger partial charge in [0, 0.05) is 11.6 Å². The molecule has 0 radical (unpaired) electrons. The average molecular weight is 234 g/mol. The minimum absolute atomic E-state index is 0.0179. The third kappa shape index (κ3) is 2.97. The van der Waals surface area contributed by atoms with E-state index in [1.807, 2.05) is 38.1 Å². The molecular formula is C13H18N2O2. The smallest absolute Gasteiger partial charge is 0.234 e. The van der Waals surface area contributed by atoms with E-state index in [0.29, 0.717) is 13.2 Å². The van der Waals surface area contributed by atoms with Crippen molar-refractivity contribution in [2.24, 2.45) is 0 Å². The van der Waals surface area contributed by atoms with Crippen LogP contribution in [-0.4, -0.2) is 25.1 Å². The van der Waals surface area contributed by atoms with Gasteiger partial charge in [-0.15, -0.1) is 0 Å². The summed E-state index contributed by atoms with van der Waals surface area (Å²) in [6.07, 6.45) is 0. The molecule has 92 valence electrons. The quantitative estimate of drug-likeness (QED) is 0.824. The van der Waals surface area contributed by atoms with Crippen LogP contribution in [0.5, 0.6) is 5.75 Å². The maximum absolute atomic E-state index is 11.5. The number of hydrogen-bond acceptors (Lipinski definition) is 3. The van der Waals surface area contributed by atoms with Crippen molar-refractivity contribution in [3.63, 3.8) is 0 Å². The van der Waals surface area contributed by atoms with Crippen molar-refractivity contribution in [2.45, 2.75) is 25.9 Å². The van der Waals surface area contributed by atoms with Crippen molar-refractivity contribution in [3.8, 4) is 5.75 Å². The number of benzene rings is 1. The fourth-order valence-electron chi connectivity index (χ4n) is 1.92. The fourth-order valence-corrected chi connectivity index (χ4v) is 1.92. The van der Waals surface area contributed by atoms with Crippen molar-refractivity contribution in [1.29, 1.82) is 0 Å². The lowest BCUT2D eigenvalue weighted by molar-refractivity contribution is -0.120. The highest BCUT2D eigenvalue weighted by atomic mass is 16.5. The zero-order valence-electron chi connectivity index (χ0n) is 10.2. The van der Waals surface area contributed by atoms with Crippen LogP contribution < -0.4 is 15.4 Å². The summed E-state index contributed by atoms with van der Waals surface area (Å²) >= 11 is 0. The Hall–Kier alpha value is -1.55. The highest BCUT2D eigenvalue weighted by Crippen LogP contribution is 2.31. The van der Waals surface area contributed by atoms with Gasteiger partial charge in [0.1, 0.15) is 12.4 Å². The summed E-state index contributed by atoms with van der Waals surface area (Å²) in [5.41, 5.74) is 1.13. The standard InChI is InChI=1S/C13H18N2O2/c1-9(2)15-13(16)7-14-11-8-17-12-6-4-3-5-10(11)12/h3-6,9,11,14H,7-8H2,1-2H3,(H,15,16). The number of rotatable bonds is 4. The molecule has 4 heteroatoms. The fraction of sp³-hybridized carbons (Fsp3) is 0.462. The lowest BCUT2D eigenvalue weighted by Crippen LogP contribution is -2.39. The molecule has 1 aliphatic rings. The third-order valence-corrected chi connectivity index (χ3v) is 2.66. The summed E-state index contributed by atoms with van der Waals surface area (Å²) in [4.78, 5) is 11.5. The normalized spacial score (nSPS) is 17.7. The summed E-state index contributed by atoms with van der Waals surface area (Å²) in [7, 11) is 0. The summed E-state index contributed by atoms with van der Waals surface area (Å²) in [5, 5.41) is 6.05. The van der Waals surface area contributed by atoms with Crippen molar-refractivity contribution in [3.05, 3.63) is 29.8 Å². The number of ether oxygens (including phenoxy) is 1. The molecule has 1 aromatic carbocycles. The summed E-state index contributed by atoms with van der Waals surface area (Å²) in [5.74, 6) is 0.929. The van der Waals surface area contributed by atoms with Crippen LogP contribution in [0.25, 0.3) is 0 Å². The molecule has 1 amide bonds. The monoisotopic (exact) mass is 234 g/mol. The molecule has 1 heterocycles. The van der Waals surface area contributed by atoms with E-state index in [4.69, 9.17) is 4.74 Å². The molecule has 0 saturated heterocycles. The molecule has 1 atom stereocenters. The topological polar surface area (TPSA) is 50.4 Å². The number of para-hydroxylation sites is 1. The largest absolute Gasteiger partial charge is 0.491 e. The molecule has 2 N–H and O–H groups in total. The van der Waals surface area contributed by atoms with Gasteiger partial charge in [-0.25, -0.2) is 0 Å². The first kappa shape index (κ1) is 11.9. The van der Waals surface area contributed by atoms with Crippen molar-refractivity contribution >= 4 is 5.91 Å². The molecule has 1 aromatic rings. The van der Waals surface area contributed by atoms with Crippen LogP contribution in [0, 0.1) is 0 Å². The Morgan fingerprint density at radius 1 is 1.47 bits per heavy atom. The third-order valence-electron chi connectivity index (χ3n) is 2.66. The van der Waals surface area contributed by atoms with Gasteiger partial charge in [-0.1, -0.05) is 18.2 Å². The molecule has 4 nitrogen and oxygen atoms in total. The molecule has 0 saturated carbocycles. The van der Waals surface area contributed by atoms with Crippen LogP contribution in [-0.2, 0) is 4.79 Å².